The maximum absolute atomic E-state index is 10.3. The molecular weight excluding hydrogens is 358 g/mol. The summed E-state index contributed by atoms with van der Waals surface area (Å²) in [6, 6.07) is 5.85. The predicted octanol–water partition coefficient (Wildman–Crippen LogP) is 3.96. The van der Waals surface area contributed by atoms with Crippen molar-refractivity contribution in [2.75, 3.05) is 0 Å². The summed E-state index contributed by atoms with van der Waals surface area (Å²) < 4.78 is 0. The maximum atomic E-state index is 10.3. The van der Waals surface area contributed by atoms with E-state index in [-0.39, 0.29) is 11.8 Å². The molecule has 1 aromatic rings. The van der Waals surface area contributed by atoms with Gasteiger partial charge < -0.3 is 15.3 Å². The van der Waals surface area contributed by atoms with E-state index in [0.29, 0.717) is 17.7 Å². The number of rotatable bonds is 10. The summed E-state index contributed by atoms with van der Waals surface area (Å²) in [6.45, 7) is 2.16. The van der Waals surface area contributed by atoms with Gasteiger partial charge in [0.1, 0.15) is 10.9 Å². The molecule has 0 radical (unpaired) electrons. The van der Waals surface area contributed by atoms with Crippen molar-refractivity contribution in [3.05, 3.63) is 46.2 Å². The van der Waals surface area contributed by atoms with Gasteiger partial charge >= 0.3 is 0 Å². The number of unbranched alkanes of at least 4 members (excludes halogenated alkanes) is 2. The molecular formula is C22H31NO3S. The van der Waals surface area contributed by atoms with E-state index in [1.165, 1.54) is 24.2 Å². The number of aliphatic hydroxyl groups excluding tert-OH is 3. The van der Waals surface area contributed by atoms with Gasteiger partial charge in [-0.15, -0.1) is 11.3 Å². The summed E-state index contributed by atoms with van der Waals surface area (Å²) >= 11 is 1.46. The molecule has 4 nitrogen and oxygen atoms in total. The number of aliphatic hydroxyl groups is 3. The minimum atomic E-state index is -0.594. The van der Waals surface area contributed by atoms with Gasteiger partial charge in [-0.2, -0.15) is 5.26 Å². The molecule has 0 bridgehead atoms. The maximum Gasteiger partial charge on any atom is 0.110 e. The molecule has 0 amide bonds. The molecule has 3 N–H and O–H groups in total. The zero-order valence-corrected chi connectivity index (χ0v) is 16.8. The number of nitriles is 1. The lowest BCUT2D eigenvalue weighted by Gasteiger charge is -2.19. The van der Waals surface area contributed by atoms with Crippen LogP contribution in [-0.4, -0.2) is 33.6 Å². The van der Waals surface area contributed by atoms with Crippen LogP contribution in [0.15, 0.2) is 36.4 Å². The van der Waals surface area contributed by atoms with Gasteiger partial charge in [-0.3, -0.25) is 0 Å². The lowest BCUT2D eigenvalue weighted by atomic mass is 9.89. The molecule has 2 rings (SSSR count). The number of thiophene rings is 1. The summed E-state index contributed by atoms with van der Waals surface area (Å²) in [4.78, 5) is 1.78. The normalized spacial score (nSPS) is 26.8. The smallest absolute Gasteiger partial charge is 0.110 e. The highest BCUT2D eigenvalue weighted by Crippen LogP contribution is 2.36. The second-order valence-electron chi connectivity index (χ2n) is 7.33. The van der Waals surface area contributed by atoms with Gasteiger partial charge in [0.15, 0.2) is 0 Å². The number of allylic oxidation sites excluding steroid dienone is 2. The molecule has 0 aliphatic heterocycles. The molecule has 5 atom stereocenters. The first-order chi connectivity index (χ1) is 13.0. The summed E-state index contributed by atoms with van der Waals surface area (Å²) in [7, 11) is 0. The Bertz CT molecular complexity index is 661. The molecule has 0 aromatic carbocycles. The lowest BCUT2D eigenvalue weighted by Crippen LogP contribution is -2.20. The first-order valence-corrected chi connectivity index (χ1v) is 10.7. The van der Waals surface area contributed by atoms with E-state index in [1.54, 1.807) is 12.1 Å². The fraction of sp³-hybridized carbons (Fsp3) is 0.591. The van der Waals surface area contributed by atoms with Crippen LogP contribution < -0.4 is 0 Å². The third kappa shape index (κ3) is 6.90. The number of nitrogens with zero attached hydrogens (tertiary/aromatic N) is 1. The van der Waals surface area contributed by atoms with Gasteiger partial charge in [-0.25, -0.2) is 0 Å². The Morgan fingerprint density at radius 3 is 2.81 bits per heavy atom. The molecule has 27 heavy (non-hydrogen) atoms. The molecule has 1 fully saturated rings. The van der Waals surface area contributed by atoms with Gasteiger partial charge in [0.2, 0.25) is 0 Å². The fourth-order valence-electron chi connectivity index (χ4n) is 3.61. The fourth-order valence-corrected chi connectivity index (χ4v) is 4.44. The minimum absolute atomic E-state index is 0.00295. The van der Waals surface area contributed by atoms with Crippen LogP contribution in [0.4, 0.5) is 0 Å². The van der Waals surface area contributed by atoms with E-state index >= 15 is 0 Å². The standard InChI is InChI=1S/C22H31NO3S/c1-2-3-4-5-6-7-19-20(22(26)14-21(19)25)13-9-16(24)8-10-17-11-12-18(15-23)27-17/h5-6,9,11-13,16,19-22,24-26H,2-4,7-8,10,14H2,1H3/b6-5-,13-9+/t16-,19+,20+,21-,22+/m0/s1. The monoisotopic (exact) mass is 389 g/mol. The highest BCUT2D eigenvalue weighted by atomic mass is 32.1. The molecule has 1 saturated carbocycles. The van der Waals surface area contributed by atoms with Crippen molar-refractivity contribution in [3.63, 3.8) is 0 Å². The molecule has 148 valence electrons. The van der Waals surface area contributed by atoms with Crippen molar-refractivity contribution in [2.45, 2.75) is 70.2 Å². The average Bonchev–Trinajstić information content (AvgIpc) is 3.22. The van der Waals surface area contributed by atoms with Gasteiger partial charge in [0, 0.05) is 17.2 Å². The third-order valence-corrected chi connectivity index (χ3v) is 6.28. The van der Waals surface area contributed by atoms with E-state index in [1.807, 2.05) is 12.1 Å². The average molecular weight is 390 g/mol. The Labute approximate surface area is 166 Å². The van der Waals surface area contributed by atoms with Gasteiger partial charge in [0.05, 0.1) is 18.3 Å². The second kappa shape index (κ2) is 11.4. The summed E-state index contributed by atoms with van der Waals surface area (Å²) in [6.07, 6.45) is 12.1. The van der Waals surface area contributed by atoms with Crippen LogP contribution in [0.3, 0.4) is 0 Å². The molecule has 1 aliphatic carbocycles. The quantitative estimate of drug-likeness (QED) is 0.418. The highest BCUT2D eigenvalue weighted by molar-refractivity contribution is 7.12. The third-order valence-electron chi connectivity index (χ3n) is 5.23. The first-order valence-electron chi connectivity index (χ1n) is 9.91. The van der Waals surface area contributed by atoms with Crippen molar-refractivity contribution in [3.8, 4) is 6.07 Å². The van der Waals surface area contributed by atoms with Crippen LogP contribution >= 0.6 is 11.3 Å². The van der Waals surface area contributed by atoms with Crippen molar-refractivity contribution >= 4 is 11.3 Å². The van der Waals surface area contributed by atoms with E-state index in [9.17, 15) is 15.3 Å². The van der Waals surface area contributed by atoms with Gasteiger partial charge in [0.25, 0.3) is 0 Å². The molecule has 5 heteroatoms. The molecule has 1 aromatic heterocycles. The van der Waals surface area contributed by atoms with Crippen molar-refractivity contribution in [1.82, 2.24) is 0 Å². The van der Waals surface area contributed by atoms with Crippen molar-refractivity contribution in [1.29, 1.82) is 5.26 Å². The highest BCUT2D eigenvalue weighted by Gasteiger charge is 2.39. The van der Waals surface area contributed by atoms with Crippen LogP contribution in [-0.2, 0) is 6.42 Å². The minimum Gasteiger partial charge on any atom is -0.393 e. The van der Waals surface area contributed by atoms with E-state index in [4.69, 9.17) is 5.26 Å². The number of hydrogen-bond acceptors (Lipinski definition) is 5. The number of hydrogen-bond donors (Lipinski definition) is 3. The molecule has 1 heterocycles. The largest absolute Gasteiger partial charge is 0.393 e. The van der Waals surface area contributed by atoms with Gasteiger partial charge in [-0.05, 0) is 43.7 Å². The van der Waals surface area contributed by atoms with Crippen LogP contribution in [0.1, 0.15) is 55.2 Å². The Kier molecular flexibility index (Phi) is 9.23. The van der Waals surface area contributed by atoms with Gasteiger partial charge in [-0.1, -0.05) is 44.1 Å². The predicted molar refractivity (Wildman–Crippen MR) is 109 cm³/mol. The topological polar surface area (TPSA) is 84.5 Å². The Morgan fingerprint density at radius 2 is 2.11 bits per heavy atom. The number of aryl methyl sites for hydroxylation is 1. The Hall–Kier alpha value is -1.45. The molecule has 0 unspecified atom stereocenters. The van der Waals surface area contributed by atoms with Crippen LogP contribution in [0.5, 0.6) is 0 Å². The zero-order chi connectivity index (χ0) is 19.6. The van der Waals surface area contributed by atoms with Crippen LogP contribution in [0.25, 0.3) is 0 Å². The van der Waals surface area contributed by atoms with Crippen molar-refractivity contribution < 1.29 is 15.3 Å². The SMILES string of the molecule is CCCC/C=C\C[C@@H]1[C@@H](/C=C/[C@@H](O)CCc2ccc(C#N)s2)[C@H](O)C[C@@H]1O. The van der Waals surface area contributed by atoms with E-state index in [2.05, 4.69) is 25.1 Å². The summed E-state index contributed by atoms with van der Waals surface area (Å²) in [5, 5.41) is 39.6. The summed E-state index contributed by atoms with van der Waals surface area (Å²) in [5.41, 5.74) is 0. The first kappa shape index (κ1) is 21.8. The van der Waals surface area contributed by atoms with Crippen molar-refractivity contribution in [2.24, 2.45) is 11.8 Å². The van der Waals surface area contributed by atoms with E-state index < -0.39 is 18.3 Å². The molecule has 0 spiro atoms. The molecule has 0 saturated heterocycles. The van der Waals surface area contributed by atoms with Crippen LogP contribution in [0.2, 0.25) is 0 Å². The summed E-state index contributed by atoms with van der Waals surface area (Å²) in [5.74, 6) is -0.130. The van der Waals surface area contributed by atoms with Crippen LogP contribution in [0, 0.1) is 23.2 Å². The lowest BCUT2D eigenvalue weighted by molar-refractivity contribution is 0.120. The van der Waals surface area contributed by atoms with E-state index in [0.717, 1.165) is 24.1 Å². The Balaban J connectivity index is 1.85. The second-order valence-corrected chi connectivity index (χ2v) is 8.50. The molecule has 1 aliphatic rings. The Morgan fingerprint density at radius 1 is 1.30 bits per heavy atom. The zero-order valence-electron chi connectivity index (χ0n) is 16.0.